The molecule has 5 nitrogen and oxygen atoms in total. The Morgan fingerprint density at radius 2 is 1.66 bits per heavy atom. The average molecular weight is 445 g/mol. The van der Waals surface area contributed by atoms with Crippen molar-refractivity contribution < 1.29 is 14.4 Å². The number of hydrogen-bond acceptors (Lipinski definition) is 4. The third-order valence-electron chi connectivity index (χ3n) is 4.75. The van der Waals surface area contributed by atoms with E-state index in [1.807, 2.05) is 66.7 Å². The number of amides is 1. The van der Waals surface area contributed by atoms with Gasteiger partial charge in [-0.25, -0.2) is 0 Å². The standard InChI is InChI=1S/C26H21ClN2O3/c27-21-11-13-22(14-12-21)29-26(30)18-32-28-16-24-23-9-5-4-8-20(23)10-15-25(24)31-17-19-6-2-1-3-7-19/h1-16H,17-18H2,(H,29,30)/b28-16+. The van der Waals surface area contributed by atoms with Gasteiger partial charge in [0.1, 0.15) is 12.4 Å². The molecule has 0 fully saturated rings. The van der Waals surface area contributed by atoms with E-state index < -0.39 is 0 Å². The first kappa shape index (κ1) is 21.4. The number of oxime groups is 1. The Morgan fingerprint density at radius 3 is 2.47 bits per heavy atom. The molecule has 1 amide bonds. The van der Waals surface area contributed by atoms with Crippen LogP contribution in [0.1, 0.15) is 11.1 Å². The Morgan fingerprint density at radius 1 is 0.906 bits per heavy atom. The maximum atomic E-state index is 12.1. The lowest BCUT2D eigenvalue weighted by Gasteiger charge is -2.12. The zero-order chi connectivity index (χ0) is 22.2. The Balaban J connectivity index is 1.44. The second kappa shape index (κ2) is 10.5. The van der Waals surface area contributed by atoms with Gasteiger partial charge in [0.15, 0.2) is 6.61 Å². The molecular weight excluding hydrogens is 424 g/mol. The molecule has 0 aliphatic carbocycles. The van der Waals surface area contributed by atoms with E-state index in [1.54, 1.807) is 30.5 Å². The summed E-state index contributed by atoms with van der Waals surface area (Å²) in [6, 6.07) is 28.7. The molecular formula is C26H21ClN2O3. The second-order valence-electron chi connectivity index (χ2n) is 7.04. The number of fused-ring (bicyclic) bond motifs is 1. The van der Waals surface area contributed by atoms with E-state index in [0.29, 0.717) is 23.1 Å². The molecule has 1 N–H and O–H groups in total. The van der Waals surface area contributed by atoms with Gasteiger partial charge in [0.05, 0.1) is 6.21 Å². The van der Waals surface area contributed by atoms with Crippen LogP contribution in [0.3, 0.4) is 0 Å². The van der Waals surface area contributed by atoms with Crippen LogP contribution in [-0.4, -0.2) is 18.7 Å². The highest BCUT2D eigenvalue weighted by Crippen LogP contribution is 2.27. The highest BCUT2D eigenvalue weighted by molar-refractivity contribution is 6.30. The van der Waals surface area contributed by atoms with Gasteiger partial charge in [-0.3, -0.25) is 4.79 Å². The summed E-state index contributed by atoms with van der Waals surface area (Å²) in [5.41, 5.74) is 2.49. The van der Waals surface area contributed by atoms with Crippen LogP contribution in [0.5, 0.6) is 5.75 Å². The van der Waals surface area contributed by atoms with Gasteiger partial charge in [-0.15, -0.1) is 0 Å². The normalized spacial score (nSPS) is 10.9. The molecule has 0 aromatic heterocycles. The number of benzene rings is 4. The van der Waals surface area contributed by atoms with E-state index >= 15 is 0 Å². The minimum Gasteiger partial charge on any atom is -0.488 e. The number of carbonyl (C=O) groups is 1. The maximum absolute atomic E-state index is 12.1. The topological polar surface area (TPSA) is 59.9 Å². The molecule has 0 spiro atoms. The molecule has 0 aliphatic heterocycles. The minimum absolute atomic E-state index is 0.218. The molecule has 0 radical (unpaired) electrons. The average Bonchev–Trinajstić information content (AvgIpc) is 2.83. The zero-order valence-electron chi connectivity index (χ0n) is 17.2. The predicted octanol–water partition coefficient (Wildman–Crippen LogP) is 6.06. The van der Waals surface area contributed by atoms with E-state index in [-0.39, 0.29) is 12.5 Å². The first-order valence-electron chi connectivity index (χ1n) is 10.1. The zero-order valence-corrected chi connectivity index (χ0v) is 18.0. The van der Waals surface area contributed by atoms with Crippen LogP contribution in [-0.2, 0) is 16.2 Å². The fourth-order valence-corrected chi connectivity index (χ4v) is 3.31. The monoisotopic (exact) mass is 444 g/mol. The van der Waals surface area contributed by atoms with Crippen molar-refractivity contribution in [2.45, 2.75) is 6.61 Å². The van der Waals surface area contributed by atoms with Gasteiger partial charge in [-0.2, -0.15) is 0 Å². The molecule has 0 unspecified atom stereocenters. The third kappa shape index (κ3) is 5.65. The van der Waals surface area contributed by atoms with E-state index in [0.717, 1.165) is 21.9 Å². The van der Waals surface area contributed by atoms with Gasteiger partial charge in [-0.05, 0) is 46.7 Å². The molecule has 6 heteroatoms. The summed E-state index contributed by atoms with van der Waals surface area (Å²) in [4.78, 5) is 17.3. The molecule has 0 saturated heterocycles. The Labute approximate surface area is 191 Å². The maximum Gasteiger partial charge on any atom is 0.265 e. The quantitative estimate of drug-likeness (QED) is 0.265. The number of anilines is 1. The molecule has 4 rings (SSSR count). The van der Waals surface area contributed by atoms with E-state index in [1.165, 1.54) is 0 Å². The third-order valence-corrected chi connectivity index (χ3v) is 5.00. The first-order chi connectivity index (χ1) is 15.7. The van der Waals surface area contributed by atoms with Crippen molar-refractivity contribution in [3.63, 3.8) is 0 Å². The molecule has 0 heterocycles. The number of halogens is 1. The van der Waals surface area contributed by atoms with E-state index in [4.69, 9.17) is 21.2 Å². The summed E-state index contributed by atoms with van der Waals surface area (Å²) in [5.74, 6) is 0.369. The molecule has 0 bridgehead atoms. The Kier molecular flexibility index (Phi) is 7.00. The first-order valence-corrected chi connectivity index (χ1v) is 10.5. The molecule has 0 saturated carbocycles. The molecule has 32 heavy (non-hydrogen) atoms. The summed E-state index contributed by atoms with van der Waals surface area (Å²) in [6.45, 7) is 0.217. The second-order valence-corrected chi connectivity index (χ2v) is 7.47. The lowest BCUT2D eigenvalue weighted by atomic mass is 10.0. The fourth-order valence-electron chi connectivity index (χ4n) is 3.19. The molecule has 4 aromatic carbocycles. The van der Waals surface area contributed by atoms with Crippen molar-refractivity contribution >= 4 is 40.2 Å². The Hall–Kier alpha value is -3.83. The number of nitrogens with one attached hydrogen (secondary N) is 1. The molecule has 160 valence electrons. The fraction of sp³-hybridized carbons (Fsp3) is 0.0769. The van der Waals surface area contributed by atoms with Crippen molar-refractivity contribution in [3.8, 4) is 5.75 Å². The molecule has 0 aliphatic rings. The van der Waals surface area contributed by atoms with Gasteiger partial charge in [-0.1, -0.05) is 77.4 Å². The van der Waals surface area contributed by atoms with Gasteiger partial charge in [0, 0.05) is 16.3 Å². The number of ether oxygens (including phenoxy) is 1. The van der Waals surface area contributed by atoms with Gasteiger partial charge in [0.2, 0.25) is 0 Å². The van der Waals surface area contributed by atoms with Gasteiger partial charge in [0.25, 0.3) is 5.91 Å². The number of nitrogens with zero attached hydrogens (tertiary/aromatic N) is 1. The van der Waals surface area contributed by atoms with Crippen LogP contribution in [0, 0.1) is 0 Å². The van der Waals surface area contributed by atoms with Gasteiger partial charge < -0.3 is 14.9 Å². The molecule has 0 atom stereocenters. The van der Waals surface area contributed by atoms with Crippen molar-refractivity contribution in [3.05, 3.63) is 107 Å². The highest BCUT2D eigenvalue weighted by atomic mass is 35.5. The highest BCUT2D eigenvalue weighted by Gasteiger charge is 2.08. The smallest absolute Gasteiger partial charge is 0.265 e. The predicted molar refractivity (Wildman–Crippen MR) is 128 cm³/mol. The van der Waals surface area contributed by atoms with Crippen LogP contribution in [0.2, 0.25) is 5.02 Å². The van der Waals surface area contributed by atoms with Crippen LogP contribution in [0.15, 0.2) is 96.2 Å². The summed E-state index contributed by atoms with van der Waals surface area (Å²) in [5, 5.41) is 9.38. The van der Waals surface area contributed by atoms with Crippen molar-refractivity contribution in [1.29, 1.82) is 0 Å². The number of rotatable bonds is 8. The summed E-state index contributed by atoms with van der Waals surface area (Å²) < 4.78 is 6.06. The number of hydrogen-bond donors (Lipinski definition) is 1. The van der Waals surface area contributed by atoms with Gasteiger partial charge >= 0.3 is 0 Å². The largest absolute Gasteiger partial charge is 0.488 e. The summed E-state index contributed by atoms with van der Waals surface area (Å²) in [6.07, 6.45) is 1.58. The van der Waals surface area contributed by atoms with Crippen LogP contribution in [0.25, 0.3) is 10.8 Å². The van der Waals surface area contributed by atoms with Crippen molar-refractivity contribution in [2.24, 2.45) is 5.16 Å². The van der Waals surface area contributed by atoms with Crippen molar-refractivity contribution in [2.75, 3.05) is 11.9 Å². The molecule has 4 aromatic rings. The van der Waals surface area contributed by atoms with Crippen LogP contribution in [0.4, 0.5) is 5.69 Å². The van der Waals surface area contributed by atoms with Crippen LogP contribution < -0.4 is 10.1 Å². The number of carbonyl (C=O) groups excluding carboxylic acids is 1. The summed E-state index contributed by atoms with van der Waals surface area (Å²) >= 11 is 5.85. The van der Waals surface area contributed by atoms with Crippen LogP contribution >= 0.6 is 11.6 Å². The Bertz CT molecular complexity index is 1230. The lowest BCUT2D eigenvalue weighted by Crippen LogP contribution is -2.16. The van der Waals surface area contributed by atoms with Crippen molar-refractivity contribution in [1.82, 2.24) is 0 Å². The summed E-state index contributed by atoms with van der Waals surface area (Å²) in [7, 11) is 0. The SMILES string of the molecule is O=C(CO/N=C/c1c(OCc2ccccc2)ccc2ccccc12)Nc1ccc(Cl)cc1. The van der Waals surface area contributed by atoms with E-state index in [9.17, 15) is 4.79 Å². The lowest BCUT2D eigenvalue weighted by molar-refractivity contribution is -0.120. The minimum atomic E-state index is -0.317. The van der Waals surface area contributed by atoms with E-state index in [2.05, 4.69) is 10.5 Å².